The van der Waals surface area contributed by atoms with Gasteiger partial charge in [-0.1, -0.05) is 6.08 Å². The van der Waals surface area contributed by atoms with Crippen LogP contribution in [0.15, 0.2) is 24.8 Å². The molecule has 2 N–H and O–H groups in total. The van der Waals surface area contributed by atoms with Gasteiger partial charge in [-0.2, -0.15) is 0 Å². The molecule has 1 heterocycles. The Morgan fingerprint density at radius 3 is 2.69 bits per heavy atom. The van der Waals surface area contributed by atoms with Crippen LogP contribution in [0.2, 0.25) is 0 Å². The first-order chi connectivity index (χ1) is 6.20. The van der Waals surface area contributed by atoms with Gasteiger partial charge >= 0.3 is 0 Å². The minimum atomic E-state index is 0.208. The minimum absolute atomic E-state index is 0.208. The number of aromatic nitrogens is 2. The van der Waals surface area contributed by atoms with Gasteiger partial charge in [0.2, 0.25) is 0 Å². The normalized spacial score (nSPS) is 14.2. The van der Waals surface area contributed by atoms with Gasteiger partial charge in [0.15, 0.2) is 0 Å². The summed E-state index contributed by atoms with van der Waals surface area (Å²) in [5, 5.41) is 0. The zero-order valence-corrected chi connectivity index (χ0v) is 8.07. The third kappa shape index (κ3) is 3.34. The van der Waals surface area contributed by atoms with Crippen molar-refractivity contribution in [1.29, 1.82) is 0 Å². The number of allylic oxidation sites excluding steroid dienone is 1. The van der Waals surface area contributed by atoms with Gasteiger partial charge in [-0.3, -0.25) is 0 Å². The van der Waals surface area contributed by atoms with E-state index in [0.29, 0.717) is 0 Å². The van der Waals surface area contributed by atoms with Crippen LogP contribution in [0.5, 0.6) is 0 Å². The third-order valence-electron chi connectivity index (χ3n) is 1.81. The first kappa shape index (κ1) is 9.86. The van der Waals surface area contributed by atoms with Crippen LogP contribution in [-0.4, -0.2) is 16.0 Å². The van der Waals surface area contributed by atoms with Gasteiger partial charge in [0.1, 0.15) is 6.33 Å². The molecule has 0 aromatic carbocycles. The van der Waals surface area contributed by atoms with Gasteiger partial charge in [0.25, 0.3) is 0 Å². The van der Waals surface area contributed by atoms with Gasteiger partial charge in [0.05, 0.1) is 0 Å². The molecule has 1 atom stereocenters. The van der Waals surface area contributed by atoms with E-state index >= 15 is 0 Å². The molecule has 1 aromatic heterocycles. The van der Waals surface area contributed by atoms with E-state index in [2.05, 4.69) is 16.0 Å². The first-order valence-corrected chi connectivity index (χ1v) is 4.38. The van der Waals surface area contributed by atoms with Crippen LogP contribution < -0.4 is 5.73 Å². The van der Waals surface area contributed by atoms with Crippen LogP contribution in [0.4, 0.5) is 0 Å². The second kappa shape index (κ2) is 4.72. The molecule has 3 heteroatoms. The molecule has 1 aromatic rings. The zero-order chi connectivity index (χ0) is 9.68. The van der Waals surface area contributed by atoms with Crippen molar-refractivity contribution in [1.82, 2.24) is 9.97 Å². The van der Waals surface area contributed by atoms with E-state index in [1.807, 2.05) is 13.8 Å². The van der Waals surface area contributed by atoms with Gasteiger partial charge < -0.3 is 5.73 Å². The van der Waals surface area contributed by atoms with Crippen molar-refractivity contribution in [2.24, 2.45) is 5.73 Å². The molecule has 13 heavy (non-hydrogen) atoms. The highest BCUT2D eigenvalue weighted by atomic mass is 14.8. The second-order valence-corrected chi connectivity index (χ2v) is 3.23. The van der Waals surface area contributed by atoms with Crippen LogP contribution in [0.3, 0.4) is 0 Å². The predicted molar refractivity (Wildman–Crippen MR) is 53.9 cm³/mol. The SMILES string of the molecule is CC(=CCC(C)N)c1cncnc1. The van der Waals surface area contributed by atoms with E-state index in [1.54, 1.807) is 12.4 Å². The van der Waals surface area contributed by atoms with E-state index in [0.717, 1.165) is 12.0 Å². The maximum Gasteiger partial charge on any atom is 0.115 e. The molecule has 0 saturated carbocycles. The number of nitrogens with zero attached hydrogens (tertiary/aromatic N) is 2. The van der Waals surface area contributed by atoms with Crippen molar-refractivity contribution < 1.29 is 0 Å². The molecular weight excluding hydrogens is 162 g/mol. The van der Waals surface area contributed by atoms with Gasteiger partial charge in [-0.15, -0.1) is 0 Å². The van der Waals surface area contributed by atoms with Crippen LogP contribution in [0.25, 0.3) is 5.57 Å². The summed E-state index contributed by atoms with van der Waals surface area (Å²) in [6.45, 7) is 4.03. The maximum atomic E-state index is 5.64. The molecule has 0 amide bonds. The van der Waals surface area contributed by atoms with E-state index in [1.165, 1.54) is 11.9 Å². The highest BCUT2D eigenvalue weighted by Crippen LogP contribution is 2.11. The van der Waals surface area contributed by atoms with Crippen molar-refractivity contribution in [2.75, 3.05) is 0 Å². The Morgan fingerprint density at radius 1 is 1.54 bits per heavy atom. The summed E-state index contributed by atoms with van der Waals surface area (Å²) in [5.74, 6) is 0. The highest BCUT2D eigenvalue weighted by molar-refractivity contribution is 5.61. The summed E-state index contributed by atoms with van der Waals surface area (Å²) in [6, 6.07) is 0.208. The Labute approximate surface area is 78.7 Å². The molecule has 0 radical (unpaired) electrons. The van der Waals surface area contributed by atoms with Crippen LogP contribution in [0, 0.1) is 0 Å². The Bertz CT molecular complexity index is 277. The smallest absolute Gasteiger partial charge is 0.115 e. The van der Waals surface area contributed by atoms with Crippen molar-refractivity contribution in [3.8, 4) is 0 Å². The maximum absolute atomic E-state index is 5.64. The lowest BCUT2D eigenvalue weighted by atomic mass is 10.1. The van der Waals surface area contributed by atoms with Crippen molar-refractivity contribution in [3.05, 3.63) is 30.4 Å². The zero-order valence-electron chi connectivity index (χ0n) is 8.07. The number of hydrogen-bond donors (Lipinski definition) is 1. The summed E-state index contributed by atoms with van der Waals surface area (Å²) < 4.78 is 0. The average Bonchev–Trinajstić information content (AvgIpc) is 2.15. The van der Waals surface area contributed by atoms with Crippen LogP contribution >= 0.6 is 0 Å². The lowest BCUT2D eigenvalue weighted by molar-refractivity contribution is 0.757. The van der Waals surface area contributed by atoms with Gasteiger partial charge in [-0.05, 0) is 25.8 Å². The Hall–Kier alpha value is -1.22. The van der Waals surface area contributed by atoms with E-state index in [-0.39, 0.29) is 6.04 Å². The monoisotopic (exact) mass is 177 g/mol. The van der Waals surface area contributed by atoms with Crippen molar-refractivity contribution in [2.45, 2.75) is 26.3 Å². The highest BCUT2D eigenvalue weighted by Gasteiger charge is 1.95. The average molecular weight is 177 g/mol. The third-order valence-corrected chi connectivity index (χ3v) is 1.81. The quantitative estimate of drug-likeness (QED) is 0.763. The van der Waals surface area contributed by atoms with Crippen LogP contribution in [-0.2, 0) is 0 Å². The molecule has 0 spiro atoms. The molecule has 3 nitrogen and oxygen atoms in total. The fourth-order valence-corrected chi connectivity index (χ4v) is 0.983. The molecule has 0 fully saturated rings. The molecular formula is C10H15N3. The number of nitrogens with two attached hydrogens (primary N) is 1. The fraction of sp³-hybridized carbons (Fsp3) is 0.400. The largest absolute Gasteiger partial charge is 0.328 e. The van der Waals surface area contributed by atoms with E-state index < -0.39 is 0 Å². The molecule has 0 aliphatic heterocycles. The summed E-state index contributed by atoms with van der Waals surface area (Å²) in [7, 11) is 0. The number of rotatable bonds is 3. The Kier molecular flexibility index (Phi) is 3.58. The minimum Gasteiger partial charge on any atom is -0.328 e. The molecule has 1 rings (SSSR count). The summed E-state index contributed by atoms with van der Waals surface area (Å²) in [5.41, 5.74) is 7.88. The van der Waals surface area contributed by atoms with Crippen molar-refractivity contribution >= 4 is 5.57 Å². The first-order valence-electron chi connectivity index (χ1n) is 4.38. The molecule has 0 aliphatic rings. The lowest BCUT2D eigenvalue weighted by Gasteiger charge is -2.02. The summed E-state index contributed by atoms with van der Waals surface area (Å²) >= 11 is 0. The molecule has 0 aliphatic carbocycles. The summed E-state index contributed by atoms with van der Waals surface area (Å²) in [6.07, 6.45) is 8.15. The number of hydrogen-bond acceptors (Lipinski definition) is 3. The molecule has 1 unspecified atom stereocenters. The fourth-order valence-electron chi connectivity index (χ4n) is 0.983. The standard InChI is InChI=1S/C10H15N3/c1-8(3-4-9(2)11)10-5-12-7-13-6-10/h3,5-7,9H,4,11H2,1-2H3. The topological polar surface area (TPSA) is 51.8 Å². The van der Waals surface area contributed by atoms with Gasteiger partial charge in [-0.25, -0.2) is 9.97 Å². The molecule has 0 bridgehead atoms. The lowest BCUT2D eigenvalue weighted by Crippen LogP contribution is -2.12. The Morgan fingerprint density at radius 2 is 2.15 bits per heavy atom. The second-order valence-electron chi connectivity index (χ2n) is 3.23. The molecule has 0 saturated heterocycles. The molecule has 70 valence electrons. The van der Waals surface area contributed by atoms with E-state index in [9.17, 15) is 0 Å². The predicted octanol–water partition coefficient (Wildman–Crippen LogP) is 1.62. The Balaban J connectivity index is 2.68. The van der Waals surface area contributed by atoms with Crippen molar-refractivity contribution in [3.63, 3.8) is 0 Å². The summed E-state index contributed by atoms with van der Waals surface area (Å²) in [4.78, 5) is 7.90. The van der Waals surface area contributed by atoms with Gasteiger partial charge in [0, 0.05) is 24.0 Å². The van der Waals surface area contributed by atoms with E-state index in [4.69, 9.17) is 5.73 Å². The van der Waals surface area contributed by atoms with Crippen LogP contribution in [0.1, 0.15) is 25.8 Å².